The van der Waals surface area contributed by atoms with E-state index in [0.717, 1.165) is 31.3 Å². The highest BCUT2D eigenvalue weighted by Crippen LogP contribution is 2.29. The van der Waals surface area contributed by atoms with Crippen LogP contribution >= 0.6 is 0 Å². The van der Waals surface area contributed by atoms with Gasteiger partial charge in [0, 0.05) is 5.69 Å². The zero-order valence-electron chi connectivity index (χ0n) is 15.5. The Hall–Kier alpha value is -3.12. The Bertz CT molecular complexity index is 1020. The van der Waals surface area contributed by atoms with Gasteiger partial charge in [-0.15, -0.1) is 0 Å². The van der Waals surface area contributed by atoms with Crippen molar-refractivity contribution in [1.29, 1.82) is 0 Å². The lowest BCUT2D eigenvalue weighted by molar-refractivity contribution is -0.117. The summed E-state index contributed by atoms with van der Waals surface area (Å²) in [7, 11) is 0. The van der Waals surface area contributed by atoms with Crippen LogP contribution in [0.5, 0.6) is 11.5 Å². The van der Waals surface area contributed by atoms with E-state index in [-0.39, 0.29) is 5.91 Å². The molecule has 0 unspecified atom stereocenters. The normalized spacial score (nSPS) is 14.7. The van der Waals surface area contributed by atoms with Gasteiger partial charge in [0.05, 0.1) is 18.0 Å². The van der Waals surface area contributed by atoms with Gasteiger partial charge in [-0.3, -0.25) is 9.69 Å². The maximum Gasteiger partial charge on any atom is 0.339 e. The fourth-order valence-electron chi connectivity index (χ4n) is 3.42. The van der Waals surface area contributed by atoms with Crippen LogP contribution in [-0.4, -0.2) is 30.4 Å². The number of nitrogens with one attached hydrogen (secondary N) is 1. The number of amides is 1. The van der Waals surface area contributed by atoms with Crippen molar-refractivity contribution in [2.24, 2.45) is 0 Å². The van der Waals surface area contributed by atoms with Crippen LogP contribution < -0.4 is 15.7 Å². The van der Waals surface area contributed by atoms with Gasteiger partial charge < -0.3 is 14.5 Å². The molecule has 2 aromatic carbocycles. The Labute approximate surface area is 162 Å². The summed E-state index contributed by atoms with van der Waals surface area (Å²) >= 11 is 0. The average Bonchev–Trinajstić information content (AvgIpc) is 2.70. The lowest BCUT2D eigenvalue weighted by atomic mass is 10.1. The molecular weight excluding hydrogens is 356 g/mol. The molecule has 28 heavy (non-hydrogen) atoms. The van der Waals surface area contributed by atoms with Gasteiger partial charge in [-0.2, -0.15) is 0 Å². The predicted molar refractivity (Wildman–Crippen MR) is 108 cm³/mol. The lowest BCUT2D eigenvalue weighted by Crippen LogP contribution is -2.36. The van der Waals surface area contributed by atoms with Crippen molar-refractivity contribution in [3.63, 3.8) is 0 Å². The fraction of sp³-hybridized carbons (Fsp3) is 0.273. The molecule has 0 spiro atoms. The number of nitrogens with zero attached hydrogens (tertiary/aromatic N) is 1. The van der Waals surface area contributed by atoms with E-state index in [0.29, 0.717) is 29.3 Å². The van der Waals surface area contributed by atoms with Gasteiger partial charge in [0.1, 0.15) is 17.1 Å². The number of benzene rings is 2. The Morgan fingerprint density at radius 2 is 1.79 bits per heavy atom. The molecule has 1 aliphatic heterocycles. The third-order valence-corrected chi connectivity index (χ3v) is 4.79. The van der Waals surface area contributed by atoms with Crippen LogP contribution in [0.25, 0.3) is 11.0 Å². The molecule has 1 aliphatic rings. The molecule has 1 N–H and O–H groups in total. The highest BCUT2D eigenvalue weighted by atomic mass is 16.5. The summed E-state index contributed by atoms with van der Waals surface area (Å²) in [5, 5.41) is 3.64. The third kappa shape index (κ3) is 4.40. The number of rotatable bonds is 5. The number of carbonyl (C=O) groups is 1. The Morgan fingerprint density at radius 1 is 1.04 bits per heavy atom. The van der Waals surface area contributed by atoms with Crippen LogP contribution in [0, 0.1) is 0 Å². The van der Waals surface area contributed by atoms with Crippen LogP contribution in [0.4, 0.5) is 5.69 Å². The summed E-state index contributed by atoms with van der Waals surface area (Å²) in [6.07, 6.45) is 3.57. The van der Waals surface area contributed by atoms with Crippen LogP contribution in [0.1, 0.15) is 19.3 Å². The van der Waals surface area contributed by atoms with Crippen molar-refractivity contribution in [3.8, 4) is 11.5 Å². The van der Waals surface area contributed by atoms with Gasteiger partial charge in [-0.1, -0.05) is 18.6 Å². The second-order valence-electron chi connectivity index (χ2n) is 6.94. The summed E-state index contributed by atoms with van der Waals surface area (Å²) in [5.41, 5.74) is 0.730. The quantitative estimate of drug-likeness (QED) is 0.679. The van der Waals surface area contributed by atoms with Crippen LogP contribution in [0.3, 0.4) is 0 Å². The number of fused-ring (bicyclic) bond motifs is 1. The predicted octanol–water partition coefficient (Wildman–Crippen LogP) is 4.01. The number of hydrogen-bond donors (Lipinski definition) is 1. The smallest absolute Gasteiger partial charge is 0.339 e. The highest BCUT2D eigenvalue weighted by Gasteiger charge is 2.14. The van der Waals surface area contributed by atoms with Gasteiger partial charge in [0.15, 0.2) is 0 Å². The third-order valence-electron chi connectivity index (χ3n) is 4.79. The standard InChI is InChI=1S/C22H22N2O4/c25-21(15-24-12-4-1-5-13-24)23-16-8-10-17(11-9-16)27-20-14-22(26)28-19-7-3-2-6-18(19)20/h2-3,6-11,14H,1,4-5,12-13,15H2,(H,23,25). The molecule has 1 saturated heterocycles. The van der Waals surface area contributed by atoms with Gasteiger partial charge in [-0.25, -0.2) is 4.79 Å². The number of para-hydroxylation sites is 1. The van der Waals surface area contributed by atoms with Crippen molar-refractivity contribution in [2.75, 3.05) is 25.0 Å². The van der Waals surface area contributed by atoms with Gasteiger partial charge >= 0.3 is 5.63 Å². The number of piperidine rings is 1. The second-order valence-corrected chi connectivity index (χ2v) is 6.94. The monoisotopic (exact) mass is 378 g/mol. The molecule has 1 fully saturated rings. The molecule has 6 heteroatoms. The highest BCUT2D eigenvalue weighted by molar-refractivity contribution is 5.92. The van der Waals surface area contributed by atoms with E-state index in [1.807, 2.05) is 12.1 Å². The van der Waals surface area contributed by atoms with Crippen molar-refractivity contribution in [3.05, 3.63) is 65.0 Å². The zero-order chi connectivity index (χ0) is 19.3. The topological polar surface area (TPSA) is 71.8 Å². The Kier molecular flexibility index (Phi) is 5.39. The number of ether oxygens (including phenoxy) is 1. The molecular formula is C22H22N2O4. The van der Waals surface area contributed by atoms with E-state index in [2.05, 4.69) is 10.2 Å². The molecule has 1 amide bonds. The van der Waals surface area contributed by atoms with E-state index >= 15 is 0 Å². The van der Waals surface area contributed by atoms with Gasteiger partial charge in [0.25, 0.3) is 0 Å². The van der Waals surface area contributed by atoms with Gasteiger partial charge in [-0.05, 0) is 62.3 Å². The summed E-state index contributed by atoms with van der Waals surface area (Å²) in [6.45, 7) is 2.39. The van der Waals surface area contributed by atoms with Crippen molar-refractivity contribution < 1.29 is 13.9 Å². The molecule has 0 bridgehead atoms. The SMILES string of the molecule is O=C(CN1CCCCC1)Nc1ccc(Oc2cc(=O)oc3ccccc23)cc1. The molecule has 6 nitrogen and oxygen atoms in total. The van der Waals surface area contributed by atoms with E-state index in [1.54, 1.807) is 36.4 Å². The first-order chi connectivity index (χ1) is 13.7. The molecule has 0 aliphatic carbocycles. The van der Waals surface area contributed by atoms with E-state index in [1.165, 1.54) is 12.5 Å². The molecule has 144 valence electrons. The molecule has 2 heterocycles. The first kappa shape index (κ1) is 18.3. The number of hydrogen-bond acceptors (Lipinski definition) is 5. The minimum absolute atomic E-state index is 0.0118. The summed E-state index contributed by atoms with van der Waals surface area (Å²) in [6, 6.07) is 15.7. The minimum atomic E-state index is -0.463. The van der Waals surface area contributed by atoms with Crippen LogP contribution in [-0.2, 0) is 4.79 Å². The zero-order valence-corrected chi connectivity index (χ0v) is 15.5. The maximum atomic E-state index is 12.2. The first-order valence-electron chi connectivity index (χ1n) is 9.50. The van der Waals surface area contributed by atoms with Crippen LogP contribution in [0.15, 0.2) is 63.8 Å². The van der Waals surface area contributed by atoms with E-state index < -0.39 is 5.63 Å². The molecule has 0 saturated carbocycles. The second kappa shape index (κ2) is 8.27. The molecule has 0 atom stereocenters. The fourth-order valence-corrected chi connectivity index (χ4v) is 3.42. The van der Waals surface area contributed by atoms with Crippen molar-refractivity contribution >= 4 is 22.6 Å². The molecule has 4 rings (SSSR count). The molecule has 0 radical (unpaired) electrons. The lowest BCUT2D eigenvalue weighted by Gasteiger charge is -2.25. The number of anilines is 1. The molecule has 3 aromatic rings. The largest absolute Gasteiger partial charge is 0.456 e. The maximum absolute atomic E-state index is 12.2. The number of likely N-dealkylation sites (tertiary alicyclic amines) is 1. The van der Waals surface area contributed by atoms with Crippen molar-refractivity contribution in [1.82, 2.24) is 4.90 Å². The summed E-state index contributed by atoms with van der Waals surface area (Å²) in [5.74, 6) is 1.00. The Balaban J connectivity index is 1.42. The van der Waals surface area contributed by atoms with Crippen LogP contribution in [0.2, 0.25) is 0 Å². The van der Waals surface area contributed by atoms with E-state index in [4.69, 9.17) is 9.15 Å². The Morgan fingerprint density at radius 3 is 2.57 bits per heavy atom. The summed E-state index contributed by atoms with van der Waals surface area (Å²) < 4.78 is 11.1. The minimum Gasteiger partial charge on any atom is -0.456 e. The van der Waals surface area contributed by atoms with Gasteiger partial charge in [0.2, 0.25) is 5.91 Å². The number of carbonyl (C=O) groups excluding carboxylic acids is 1. The first-order valence-corrected chi connectivity index (χ1v) is 9.50. The molecule has 1 aromatic heterocycles. The summed E-state index contributed by atoms with van der Waals surface area (Å²) in [4.78, 5) is 26.1. The van der Waals surface area contributed by atoms with Crippen molar-refractivity contribution in [2.45, 2.75) is 19.3 Å². The van der Waals surface area contributed by atoms with E-state index in [9.17, 15) is 9.59 Å². The average molecular weight is 378 g/mol.